The topological polar surface area (TPSA) is 59.8 Å². The fraction of sp³-hybridized carbons (Fsp3) is 0.222. The Kier molecular flexibility index (Phi) is 6.94. The van der Waals surface area contributed by atoms with Crippen molar-refractivity contribution in [3.05, 3.63) is 100 Å². The highest BCUT2D eigenvalue weighted by Gasteiger charge is 2.17. The molecule has 1 N–H and O–H groups in total. The number of amides is 1. The van der Waals surface area contributed by atoms with Crippen molar-refractivity contribution in [1.82, 2.24) is 14.8 Å². The number of aryl methyl sites for hydroxylation is 3. The minimum Gasteiger partial charge on any atom is -0.325 e. The summed E-state index contributed by atoms with van der Waals surface area (Å²) in [5.41, 5.74) is 7.69. The van der Waals surface area contributed by atoms with Gasteiger partial charge in [-0.15, -0.1) is 10.2 Å². The van der Waals surface area contributed by atoms with Gasteiger partial charge in [-0.25, -0.2) is 0 Å². The lowest BCUT2D eigenvalue weighted by molar-refractivity contribution is -0.113. The van der Waals surface area contributed by atoms with Gasteiger partial charge in [0.15, 0.2) is 5.16 Å². The molecule has 1 amide bonds. The lowest BCUT2D eigenvalue weighted by atomic mass is 10.1. The maximum atomic E-state index is 12.7. The molecule has 0 unspecified atom stereocenters. The fourth-order valence-corrected chi connectivity index (χ4v) is 4.38. The Labute approximate surface area is 199 Å². The van der Waals surface area contributed by atoms with Crippen molar-refractivity contribution in [3.8, 4) is 5.69 Å². The molecular weight excluding hydrogens is 428 g/mol. The molecule has 33 heavy (non-hydrogen) atoms. The molecule has 3 aromatic carbocycles. The van der Waals surface area contributed by atoms with E-state index in [1.54, 1.807) is 0 Å². The van der Waals surface area contributed by atoms with Gasteiger partial charge in [-0.1, -0.05) is 60.3 Å². The van der Waals surface area contributed by atoms with Crippen LogP contribution in [0, 0.1) is 27.7 Å². The summed E-state index contributed by atoms with van der Waals surface area (Å²) in [5, 5.41) is 12.7. The third-order valence-corrected chi connectivity index (χ3v) is 6.79. The van der Waals surface area contributed by atoms with Crippen LogP contribution in [0.25, 0.3) is 5.69 Å². The molecule has 0 bridgehead atoms. The quantitative estimate of drug-likeness (QED) is 0.356. The van der Waals surface area contributed by atoms with Crippen molar-refractivity contribution >= 4 is 23.4 Å². The van der Waals surface area contributed by atoms with Crippen LogP contribution in [0.5, 0.6) is 0 Å². The minimum atomic E-state index is -0.0621. The summed E-state index contributed by atoms with van der Waals surface area (Å²) in [6.45, 7) is 8.26. The van der Waals surface area contributed by atoms with E-state index in [9.17, 15) is 4.79 Å². The number of anilines is 1. The molecule has 0 radical (unpaired) electrons. The van der Waals surface area contributed by atoms with Gasteiger partial charge >= 0.3 is 0 Å². The first-order valence-electron chi connectivity index (χ1n) is 11.0. The average molecular weight is 457 g/mol. The molecule has 1 aromatic heterocycles. The molecule has 168 valence electrons. The molecule has 0 saturated carbocycles. The Balaban J connectivity index is 1.58. The molecule has 0 atom stereocenters. The highest BCUT2D eigenvalue weighted by molar-refractivity contribution is 7.99. The first kappa shape index (κ1) is 22.8. The van der Waals surface area contributed by atoms with Gasteiger partial charge in [0, 0.05) is 17.8 Å². The first-order chi connectivity index (χ1) is 15.9. The first-order valence-corrected chi connectivity index (χ1v) is 12.0. The zero-order valence-electron chi connectivity index (χ0n) is 19.4. The van der Waals surface area contributed by atoms with Crippen LogP contribution in [0.4, 0.5) is 5.69 Å². The third-order valence-electron chi connectivity index (χ3n) is 5.87. The molecule has 0 aliphatic rings. The van der Waals surface area contributed by atoms with E-state index >= 15 is 0 Å². The summed E-state index contributed by atoms with van der Waals surface area (Å²) < 4.78 is 2.06. The third kappa shape index (κ3) is 5.34. The number of thioether (sulfide) groups is 1. The van der Waals surface area contributed by atoms with Crippen molar-refractivity contribution in [2.75, 3.05) is 11.1 Å². The molecule has 0 spiro atoms. The van der Waals surface area contributed by atoms with Crippen molar-refractivity contribution < 1.29 is 4.79 Å². The summed E-state index contributed by atoms with van der Waals surface area (Å²) >= 11 is 1.40. The normalized spacial score (nSPS) is 10.9. The van der Waals surface area contributed by atoms with Crippen molar-refractivity contribution in [2.24, 2.45) is 0 Å². The highest BCUT2D eigenvalue weighted by Crippen LogP contribution is 2.26. The second kappa shape index (κ2) is 10.0. The monoisotopic (exact) mass is 456 g/mol. The molecule has 4 rings (SSSR count). The van der Waals surface area contributed by atoms with E-state index in [-0.39, 0.29) is 11.7 Å². The maximum Gasteiger partial charge on any atom is 0.234 e. The Morgan fingerprint density at radius 2 is 1.67 bits per heavy atom. The second-order valence-electron chi connectivity index (χ2n) is 8.25. The average Bonchev–Trinajstić information content (AvgIpc) is 3.20. The molecule has 0 aliphatic heterocycles. The van der Waals surface area contributed by atoms with E-state index in [1.807, 2.05) is 50.2 Å². The summed E-state index contributed by atoms with van der Waals surface area (Å²) in [5.74, 6) is 1.04. The maximum absolute atomic E-state index is 12.7. The Hall–Kier alpha value is -3.38. The van der Waals surface area contributed by atoms with Crippen LogP contribution < -0.4 is 5.32 Å². The number of hydrogen-bond donors (Lipinski definition) is 1. The van der Waals surface area contributed by atoms with E-state index in [1.165, 1.54) is 28.5 Å². The van der Waals surface area contributed by atoms with Crippen LogP contribution in [0.2, 0.25) is 0 Å². The van der Waals surface area contributed by atoms with E-state index in [4.69, 9.17) is 0 Å². The van der Waals surface area contributed by atoms with Crippen LogP contribution in [0.1, 0.15) is 33.6 Å². The molecule has 6 heteroatoms. The largest absolute Gasteiger partial charge is 0.325 e. The number of hydrogen-bond acceptors (Lipinski definition) is 4. The fourth-order valence-electron chi connectivity index (χ4n) is 3.61. The van der Waals surface area contributed by atoms with Crippen LogP contribution in [-0.2, 0) is 11.2 Å². The van der Waals surface area contributed by atoms with Crippen molar-refractivity contribution in [2.45, 2.75) is 39.3 Å². The number of carbonyl (C=O) groups excluding carboxylic acids is 1. The summed E-state index contributed by atoms with van der Waals surface area (Å²) in [7, 11) is 0. The molecule has 0 saturated heterocycles. The number of rotatable bonds is 7. The molecule has 0 aliphatic carbocycles. The van der Waals surface area contributed by atoms with Gasteiger partial charge in [0.1, 0.15) is 5.82 Å². The molecule has 1 heterocycles. The van der Waals surface area contributed by atoms with Crippen LogP contribution >= 0.6 is 11.8 Å². The van der Waals surface area contributed by atoms with Gasteiger partial charge < -0.3 is 5.32 Å². The van der Waals surface area contributed by atoms with Crippen LogP contribution in [0.15, 0.2) is 71.9 Å². The van der Waals surface area contributed by atoms with Gasteiger partial charge in [-0.2, -0.15) is 0 Å². The Morgan fingerprint density at radius 3 is 2.42 bits per heavy atom. The lowest BCUT2D eigenvalue weighted by Crippen LogP contribution is -2.15. The van der Waals surface area contributed by atoms with Gasteiger partial charge in [-0.05, 0) is 73.7 Å². The Bertz CT molecular complexity index is 1280. The number of nitrogens with zero attached hydrogens (tertiary/aromatic N) is 3. The predicted octanol–water partition coefficient (Wildman–Crippen LogP) is 5.82. The highest BCUT2D eigenvalue weighted by atomic mass is 32.2. The van der Waals surface area contributed by atoms with E-state index in [0.717, 1.165) is 28.3 Å². The lowest BCUT2D eigenvalue weighted by Gasteiger charge is -2.13. The summed E-state index contributed by atoms with van der Waals surface area (Å²) in [6.07, 6.45) is 0.663. The van der Waals surface area contributed by atoms with Gasteiger partial charge in [0.05, 0.1) is 5.75 Å². The van der Waals surface area contributed by atoms with Gasteiger partial charge in [0.25, 0.3) is 0 Å². The van der Waals surface area contributed by atoms with E-state index in [2.05, 4.69) is 64.3 Å². The van der Waals surface area contributed by atoms with E-state index in [0.29, 0.717) is 11.6 Å². The van der Waals surface area contributed by atoms with Gasteiger partial charge in [0.2, 0.25) is 5.91 Å². The van der Waals surface area contributed by atoms with Crippen molar-refractivity contribution in [1.29, 1.82) is 0 Å². The minimum absolute atomic E-state index is 0.0621. The summed E-state index contributed by atoms with van der Waals surface area (Å²) in [4.78, 5) is 12.7. The zero-order valence-corrected chi connectivity index (χ0v) is 20.2. The van der Waals surface area contributed by atoms with Crippen molar-refractivity contribution in [3.63, 3.8) is 0 Å². The zero-order chi connectivity index (χ0) is 23.4. The number of carbonyl (C=O) groups is 1. The predicted molar refractivity (Wildman–Crippen MR) is 135 cm³/mol. The molecule has 4 aromatic rings. The standard InChI is InChI=1S/C27H28N4OS/c1-18-13-14-23(15-20(18)3)31-25(16-22-10-6-5-7-11-22)29-30-27(31)33-17-26(32)28-24-12-8-9-19(2)21(24)4/h5-15H,16-17H2,1-4H3,(H,28,32). The molecule has 5 nitrogen and oxygen atoms in total. The second-order valence-corrected chi connectivity index (χ2v) is 9.19. The van der Waals surface area contributed by atoms with Crippen LogP contribution in [0.3, 0.4) is 0 Å². The number of benzene rings is 3. The Morgan fingerprint density at radius 1 is 0.879 bits per heavy atom. The number of aromatic nitrogens is 3. The number of nitrogens with one attached hydrogen (secondary N) is 1. The summed E-state index contributed by atoms with van der Waals surface area (Å²) in [6, 6.07) is 22.5. The van der Waals surface area contributed by atoms with E-state index < -0.39 is 0 Å². The van der Waals surface area contributed by atoms with Gasteiger partial charge in [-0.3, -0.25) is 9.36 Å². The molecule has 0 fully saturated rings. The smallest absolute Gasteiger partial charge is 0.234 e. The SMILES string of the molecule is Cc1ccc(-n2c(Cc3ccccc3)nnc2SCC(=O)Nc2cccc(C)c2C)cc1C. The van der Waals surface area contributed by atoms with Crippen LogP contribution in [-0.4, -0.2) is 26.4 Å². The molecular formula is C27H28N4OS.